The molecule has 2 aliphatic heterocycles. The van der Waals surface area contributed by atoms with E-state index in [-0.39, 0.29) is 36.9 Å². The van der Waals surface area contributed by atoms with E-state index >= 15 is 0 Å². The van der Waals surface area contributed by atoms with Gasteiger partial charge >= 0.3 is 0 Å². The van der Waals surface area contributed by atoms with Gasteiger partial charge in [-0.1, -0.05) is 43.9 Å². The van der Waals surface area contributed by atoms with Crippen molar-refractivity contribution in [3.05, 3.63) is 65.5 Å². The van der Waals surface area contributed by atoms with Crippen molar-refractivity contribution in [1.29, 1.82) is 5.26 Å². The number of carbonyl (C=O) groups is 4. The molecule has 6 rings (SSSR count). The molecule has 4 atom stereocenters. The average molecular weight is 602 g/mol. The maximum atomic E-state index is 14.3. The van der Waals surface area contributed by atoms with Gasteiger partial charge in [-0.25, -0.2) is 4.39 Å². The fraction of sp³-hybridized carbons (Fsp3) is 0.485. The van der Waals surface area contributed by atoms with Crippen LogP contribution in [0.25, 0.3) is 0 Å². The highest BCUT2D eigenvalue weighted by Crippen LogP contribution is 2.39. The van der Waals surface area contributed by atoms with Crippen molar-refractivity contribution < 1.29 is 28.3 Å². The number of hydrogen-bond donors (Lipinski definition) is 2. The van der Waals surface area contributed by atoms with Crippen molar-refractivity contribution in [3.8, 4) is 11.8 Å². The van der Waals surface area contributed by atoms with Gasteiger partial charge in [0.05, 0.1) is 12.6 Å². The molecule has 4 unspecified atom stereocenters. The number of halogens is 1. The fourth-order valence-electron chi connectivity index (χ4n) is 6.24. The molecule has 2 saturated carbocycles. The van der Waals surface area contributed by atoms with Crippen molar-refractivity contribution in [3.63, 3.8) is 0 Å². The third-order valence-corrected chi connectivity index (χ3v) is 9.22. The molecular formula is C33H36FN5O5. The summed E-state index contributed by atoms with van der Waals surface area (Å²) in [5.74, 6) is -1.09. The highest BCUT2D eigenvalue weighted by atomic mass is 19.1. The highest BCUT2D eigenvalue weighted by Gasteiger charge is 2.55. The second-order valence-electron chi connectivity index (χ2n) is 12.6. The number of fused-ring (bicyclic) bond motifs is 1. The van der Waals surface area contributed by atoms with Crippen LogP contribution in [0.3, 0.4) is 0 Å². The number of likely N-dealkylation sites (N-methyl/N-ethyl adjacent to an activating group) is 1. The molecule has 4 aliphatic rings. The first-order valence-corrected chi connectivity index (χ1v) is 15.3. The van der Waals surface area contributed by atoms with E-state index in [0.29, 0.717) is 24.5 Å². The number of nitrogens with zero attached hydrogens (tertiary/aromatic N) is 3. The van der Waals surface area contributed by atoms with Crippen LogP contribution in [0.4, 0.5) is 4.39 Å². The SMILES string of the molecule is CN(C(=O)C(CC1CC1)NC(=O)c1ccc(F)cc1)C(CC1CC1)C(=O)N1CC2(CC1C#N)Oc1ccccc1CNC2=O. The number of amides is 4. The Kier molecular flexibility index (Phi) is 8.01. The molecule has 1 saturated heterocycles. The quantitative estimate of drug-likeness (QED) is 0.455. The van der Waals surface area contributed by atoms with Gasteiger partial charge in [0.15, 0.2) is 0 Å². The zero-order chi connectivity index (χ0) is 31.0. The molecule has 44 heavy (non-hydrogen) atoms. The molecule has 2 aliphatic carbocycles. The van der Waals surface area contributed by atoms with Gasteiger partial charge in [0.1, 0.15) is 29.7 Å². The predicted octanol–water partition coefficient (Wildman–Crippen LogP) is 2.92. The van der Waals surface area contributed by atoms with Crippen LogP contribution in [0.2, 0.25) is 0 Å². The number of benzene rings is 2. The van der Waals surface area contributed by atoms with E-state index in [9.17, 15) is 28.8 Å². The van der Waals surface area contributed by atoms with E-state index in [1.165, 1.54) is 34.1 Å². The molecular weight excluding hydrogens is 565 g/mol. The number of para-hydroxylation sites is 1. The van der Waals surface area contributed by atoms with Crippen LogP contribution in [0.15, 0.2) is 48.5 Å². The summed E-state index contributed by atoms with van der Waals surface area (Å²) in [5, 5.41) is 15.8. The van der Waals surface area contributed by atoms with Gasteiger partial charge in [-0.15, -0.1) is 0 Å². The largest absolute Gasteiger partial charge is 0.475 e. The van der Waals surface area contributed by atoms with Crippen LogP contribution in [-0.4, -0.2) is 70.7 Å². The molecule has 4 amide bonds. The van der Waals surface area contributed by atoms with E-state index in [1.807, 2.05) is 12.1 Å². The number of ether oxygens (including phenoxy) is 1. The maximum absolute atomic E-state index is 14.3. The molecule has 3 fully saturated rings. The van der Waals surface area contributed by atoms with Gasteiger partial charge in [-0.05, 0) is 55.0 Å². The summed E-state index contributed by atoms with van der Waals surface area (Å²) in [5.41, 5.74) is -0.402. The summed E-state index contributed by atoms with van der Waals surface area (Å²) < 4.78 is 19.7. The lowest BCUT2D eigenvalue weighted by atomic mass is 9.99. The monoisotopic (exact) mass is 601 g/mol. The number of carbonyl (C=O) groups excluding carboxylic acids is 4. The zero-order valence-corrected chi connectivity index (χ0v) is 24.6. The van der Waals surface area contributed by atoms with Crippen LogP contribution in [0.1, 0.15) is 60.9 Å². The van der Waals surface area contributed by atoms with E-state index in [0.717, 1.165) is 31.2 Å². The highest BCUT2D eigenvalue weighted by molar-refractivity contribution is 5.98. The molecule has 0 bridgehead atoms. The summed E-state index contributed by atoms with van der Waals surface area (Å²) >= 11 is 0. The van der Waals surface area contributed by atoms with Gasteiger partial charge in [0, 0.05) is 31.1 Å². The van der Waals surface area contributed by atoms with Gasteiger partial charge in [-0.2, -0.15) is 5.26 Å². The Labute approximate surface area is 255 Å². The second-order valence-corrected chi connectivity index (χ2v) is 12.6. The van der Waals surface area contributed by atoms with E-state index in [2.05, 4.69) is 16.7 Å². The predicted molar refractivity (Wildman–Crippen MR) is 156 cm³/mol. The summed E-state index contributed by atoms with van der Waals surface area (Å²) in [6, 6.07) is 11.9. The minimum Gasteiger partial charge on any atom is -0.475 e. The zero-order valence-electron chi connectivity index (χ0n) is 24.6. The number of rotatable bonds is 9. The molecule has 1 spiro atoms. The Bertz CT molecular complexity index is 1500. The summed E-state index contributed by atoms with van der Waals surface area (Å²) in [6.45, 7) is 0.149. The van der Waals surface area contributed by atoms with Crippen LogP contribution in [0, 0.1) is 29.0 Å². The van der Waals surface area contributed by atoms with Crippen molar-refractivity contribution in [2.75, 3.05) is 13.6 Å². The molecule has 2 heterocycles. The van der Waals surface area contributed by atoms with E-state index in [4.69, 9.17) is 4.74 Å². The Hall–Kier alpha value is -4.46. The van der Waals surface area contributed by atoms with Gasteiger partial charge in [-0.3, -0.25) is 19.2 Å². The smallest absolute Gasteiger partial charge is 0.266 e. The summed E-state index contributed by atoms with van der Waals surface area (Å²) in [6.07, 6.45) is 4.63. The van der Waals surface area contributed by atoms with E-state index in [1.54, 1.807) is 19.2 Å². The maximum Gasteiger partial charge on any atom is 0.266 e. The standard InChI is InChI=1S/C33H36FN5O5/c1-38(30(41)26(14-20-6-7-20)37-29(40)22-10-12-24(34)13-11-22)27(15-21-8-9-21)31(42)39-19-33(16-25(39)17-35)32(43)36-18-23-4-2-3-5-28(23)44-33/h2-5,10-13,20-21,25-27H,6-9,14-16,18-19H2,1H3,(H,36,43)(H,37,40). The first-order chi connectivity index (χ1) is 21.2. The number of likely N-dealkylation sites (tertiary alicyclic amines) is 1. The Morgan fingerprint density at radius 2 is 1.80 bits per heavy atom. The van der Waals surface area contributed by atoms with Gasteiger partial charge in [0.2, 0.25) is 17.4 Å². The number of nitriles is 1. The molecule has 10 nitrogen and oxygen atoms in total. The van der Waals surface area contributed by atoms with E-state index < -0.39 is 47.3 Å². The Morgan fingerprint density at radius 3 is 2.48 bits per heavy atom. The minimum absolute atomic E-state index is 0.00124. The fourth-order valence-corrected chi connectivity index (χ4v) is 6.24. The van der Waals surface area contributed by atoms with Crippen molar-refractivity contribution in [2.45, 2.75) is 75.2 Å². The Morgan fingerprint density at radius 1 is 1.11 bits per heavy atom. The van der Waals surface area contributed by atoms with Crippen molar-refractivity contribution in [2.24, 2.45) is 11.8 Å². The molecule has 2 aromatic rings. The lowest BCUT2D eigenvalue weighted by Crippen LogP contribution is -2.57. The third kappa shape index (κ3) is 6.11. The molecule has 0 aromatic heterocycles. The molecule has 0 radical (unpaired) electrons. The van der Waals surface area contributed by atoms with Gasteiger partial charge < -0.3 is 25.2 Å². The lowest BCUT2D eigenvalue weighted by molar-refractivity contribution is -0.147. The van der Waals surface area contributed by atoms with Crippen LogP contribution >= 0.6 is 0 Å². The van der Waals surface area contributed by atoms with Crippen LogP contribution in [0.5, 0.6) is 5.75 Å². The lowest BCUT2D eigenvalue weighted by Gasteiger charge is -2.34. The molecule has 2 aromatic carbocycles. The van der Waals surface area contributed by atoms with Crippen molar-refractivity contribution >= 4 is 23.6 Å². The Balaban J connectivity index is 1.23. The first kappa shape index (κ1) is 29.6. The molecule has 11 heteroatoms. The number of hydrogen-bond acceptors (Lipinski definition) is 6. The molecule has 230 valence electrons. The number of nitrogens with one attached hydrogen (secondary N) is 2. The molecule has 2 N–H and O–H groups in total. The van der Waals surface area contributed by atoms with Crippen molar-refractivity contribution in [1.82, 2.24) is 20.4 Å². The topological polar surface area (TPSA) is 132 Å². The normalized spacial score (nSPS) is 23.8. The van der Waals surface area contributed by atoms with Gasteiger partial charge in [0.25, 0.3) is 11.8 Å². The third-order valence-electron chi connectivity index (χ3n) is 9.22. The minimum atomic E-state index is -1.44. The van der Waals surface area contributed by atoms with Crippen LogP contribution < -0.4 is 15.4 Å². The average Bonchev–Trinajstić information content (AvgIpc) is 3.96. The summed E-state index contributed by atoms with van der Waals surface area (Å²) in [7, 11) is 1.57. The van der Waals surface area contributed by atoms with Crippen LogP contribution in [-0.2, 0) is 20.9 Å². The second kappa shape index (κ2) is 11.9. The first-order valence-electron chi connectivity index (χ1n) is 15.3. The summed E-state index contributed by atoms with van der Waals surface area (Å²) in [4.78, 5) is 57.5.